The molecule has 19 heavy (non-hydrogen) atoms. The highest BCUT2D eigenvalue weighted by molar-refractivity contribution is 5.84. The fourth-order valence-electron chi connectivity index (χ4n) is 1.77. The monoisotopic (exact) mass is 265 g/mol. The Hall–Kier alpha value is -2.15. The standard InChI is InChI=1S/C12H15N3O4/c1-12(2,6-7-16)14-11-13-10-8(15(17)18)4-3-5-9(10)19-11/h3-5,16H,6-7H2,1-2H3,(H,13,14). The topological polar surface area (TPSA) is 101 Å². The Kier molecular flexibility index (Phi) is 3.39. The van der Waals surface area contributed by atoms with Crippen molar-refractivity contribution in [2.45, 2.75) is 25.8 Å². The second kappa shape index (κ2) is 4.85. The minimum Gasteiger partial charge on any atom is -0.423 e. The van der Waals surface area contributed by atoms with Crippen molar-refractivity contribution in [3.8, 4) is 0 Å². The molecule has 2 aromatic rings. The normalized spacial score (nSPS) is 11.7. The van der Waals surface area contributed by atoms with Gasteiger partial charge in [-0.3, -0.25) is 10.1 Å². The number of benzene rings is 1. The zero-order valence-corrected chi connectivity index (χ0v) is 10.7. The molecule has 1 heterocycles. The van der Waals surface area contributed by atoms with Gasteiger partial charge in [0.2, 0.25) is 0 Å². The van der Waals surface area contributed by atoms with E-state index in [0.29, 0.717) is 12.0 Å². The Morgan fingerprint density at radius 1 is 1.53 bits per heavy atom. The molecule has 1 aromatic heterocycles. The van der Waals surface area contributed by atoms with Gasteiger partial charge in [-0.05, 0) is 26.3 Å². The van der Waals surface area contributed by atoms with Crippen molar-refractivity contribution >= 4 is 22.8 Å². The third-order valence-electron chi connectivity index (χ3n) is 2.78. The molecule has 1 aromatic carbocycles. The molecule has 7 nitrogen and oxygen atoms in total. The van der Waals surface area contributed by atoms with Crippen LogP contribution in [-0.2, 0) is 0 Å². The summed E-state index contributed by atoms with van der Waals surface area (Å²) >= 11 is 0. The van der Waals surface area contributed by atoms with E-state index in [1.165, 1.54) is 6.07 Å². The lowest BCUT2D eigenvalue weighted by Gasteiger charge is -2.23. The first kappa shape index (κ1) is 13.3. The number of nitrogens with zero attached hydrogens (tertiary/aromatic N) is 2. The molecule has 0 spiro atoms. The molecular weight excluding hydrogens is 250 g/mol. The van der Waals surface area contributed by atoms with Crippen LogP contribution in [0.1, 0.15) is 20.3 Å². The summed E-state index contributed by atoms with van der Waals surface area (Å²) < 4.78 is 5.43. The van der Waals surface area contributed by atoms with Gasteiger partial charge < -0.3 is 14.8 Å². The highest BCUT2D eigenvalue weighted by atomic mass is 16.6. The highest BCUT2D eigenvalue weighted by Crippen LogP contribution is 2.28. The minimum atomic E-state index is -0.493. The van der Waals surface area contributed by atoms with Crippen molar-refractivity contribution < 1.29 is 14.4 Å². The summed E-state index contributed by atoms with van der Waals surface area (Å²) in [5.41, 5.74) is 0.0743. The van der Waals surface area contributed by atoms with Gasteiger partial charge in [0.15, 0.2) is 11.1 Å². The van der Waals surface area contributed by atoms with Gasteiger partial charge in [-0.25, -0.2) is 0 Å². The zero-order chi connectivity index (χ0) is 14.0. The van der Waals surface area contributed by atoms with Crippen molar-refractivity contribution in [2.24, 2.45) is 0 Å². The van der Waals surface area contributed by atoms with Crippen molar-refractivity contribution in [2.75, 3.05) is 11.9 Å². The summed E-state index contributed by atoms with van der Waals surface area (Å²) in [5, 5.41) is 22.9. The van der Waals surface area contributed by atoms with E-state index in [1.54, 1.807) is 12.1 Å². The number of nitro groups is 1. The maximum absolute atomic E-state index is 10.9. The number of oxazole rings is 1. The van der Waals surface area contributed by atoms with Crippen molar-refractivity contribution in [3.63, 3.8) is 0 Å². The van der Waals surface area contributed by atoms with E-state index >= 15 is 0 Å². The lowest BCUT2D eigenvalue weighted by atomic mass is 10.0. The van der Waals surface area contributed by atoms with Crippen LogP contribution in [0.5, 0.6) is 0 Å². The quantitative estimate of drug-likeness (QED) is 0.635. The number of para-hydroxylation sites is 1. The molecule has 0 saturated carbocycles. The summed E-state index contributed by atoms with van der Waals surface area (Å²) in [4.78, 5) is 14.5. The third-order valence-corrected chi connectivity index (χ3v) is 2.78. The first-order valence-electron chi connectivity index (χ1n) is 5.86. The predicted octanol–water partition coefficient (Wildman–Crippen LogP) is 2.31. The van der Waals surface area contributed by atoms with Crippen LogP contribution >= 0.6 is 0 Å². The molecule has 2 rings (SSSR count). The number of anilines is 1. The molecule has 102 valence electrons. The number of nitrogens with one attached hydrogen (secondary N) is 1. The Morgan fingerprint density at radius 2 is 2.26 bits per heavy atom. The summed E-state index contributed by atoms with van der Waals surface area (Å²) in [6.07, 6.45) is 0.508. The van der Waals surface area contributed by atoms with E-state index in [-0.39, 0.29) is 23.8 Å². The van der Waals surface area contributed by atoms with Crippen LogP contribution in [0.4, 0.5) is 11.7 Å². The first-order valence-corrected chi connectivity index (χ1v) is 5.86. The van der Waals surface area contributed by atoms with Crippen LogP contribution in [0.25, 0.3) is 11.1 Å². The average Bonchev–Trinajstić information content (AvgIpc) is 2.68. The third kappa shape index (κ3) is 2.82. The second-order valence-electron chi connectivity index (χ2n) is 4.88. The number of fused-ring (bicyclic) bond motifs is 1. The summed E-state index contributed by atoms with van der Waals surface area (Å²) in [7, 11) is 0. The molecule has 0 aliphatic carbocycles. The van der Waals surface area contributed by atoms with Crippen LogP contribution in [0.3, 0.4) is 0 Å². The molecule has 0 bridgehead atoms. The Morgan fingerprint density at radius 3 is 2.89 bits per heavy atom. The predicted molar refractivity (Wildman–Crippen MR) is 70.1 cm³/mol. The maximum Gasteiger partial charge on any atom is 0.298 e. The number of hydrogen-bond donors (Lipinski definition) is 2. The lowest BCUT2D eigenvalue weighted by molar-refractivity contribution is -0.383. The Labute approximate surface area is 109 Å². The molecular formula is C12H15N3O4. The van der Waals surface area contributed by atoms with E-state index in [4.69, 9.17) is 9.52 Å². The first-order chi connectivity index (χ1) is 8.93. The molecule has 0 radical (unpaired) electrons. The van der Waals surface area contributed by atoms with E-state index in [1.807, 2.05) is 13.8 Å². The molecule has 0 amide bonds. The number of non-ortho nitro benzene ring substituents is 1. The van der Waals surface area contributed by atoms with Crippen molar-refractivity contribution in [1.82, 2.24) is 4.98 Å². The van der Waals surface area contributed by atoms with Gasteiger partial charge in [0.25, 0.3) is 11.7 Å². The van der Waals surface area contributed by atoms with Gasteiger partial charge >= 0.3 is 0 Å². The van der Waals surface area contributed by atoms with E-state index in [2.05, 4.69) is 10.3 Å². The number of aliphatic hydroxyl groups excluding tert-OH is 1. The molecule has 0 atom stereocenters. The number of nitro benzene ring substituents is 1. The van der Waals surface area contributed by atoms with Gasteiger partial charge in [0.1, 0.15) is 0 Å². The van der Waals surface area contributed by atoms with Gasteiger partial charge in [-0.1, -0.05) is 6.07 Å². The van der Waals surface area contributed by atoms with Crippen LogP contribution in [0, 0.1) is 10.1 Å². The number of rotatable bonds is 5. The Balaban J connectivity index is 2.37. The lowest BCUT2D eigenvalue weighted by Crippen LogP contribution is -2.32. The molecule has 2 N–H and O–H groups in total. The van der Waals surface area contributed by atoms with Gasteiger partial charge in [0.05, 0.1) is 4.92 Å². The fourth-order valence-corrected chi connectivity index (χ4v) is 1.77. The van der Waals surface area contributed by atoms with Crippen LogP contribution in [0.2, 0.25) is 0 Å². The van der Waals surface area contributed by atoms with Gasteiger partial charge in [-0.15, -0.1) is 0 Å². The van der Waals surface area contributed by atoms with Crippen LogP contribution in [0.15, 0.2) is 22.6 Å². The van der Waals surface area contributed by atoms with Gasteiger partial charge in [0, 0.05) is 18.2 Å². The Bertz CT molecular complexity index is 606. The second-order valence-corrected chi connectivity index (χ2v) is 4.88. The van der Waals surface area contributed by atoms with Crippen LogP contribution in [-0.4, -0.2) is 27.2 Å². The van der Waals surface area contributed by atoms with Crippen LogP contribution < -0.4 is 5.32 Å². The van der Waals surface area contributed by atoms with Gasteiger partial charge in [-0.2, -0.15) is 4.98 Å². The number of hydrogen-bond acceptors (Lipinski definition) is 6. The van der Waals surface area contributed by atoms with E-state index < -0.39 is 10.5 Å². The fraction of sp³-hybridized carbons (Fsp3) is 0.417. The molecule has 0 fully saturated rings. The number of aromatic nitrogens is 1. The minimum absolute atomic E-state index is 0.0282. The summed E-state index contributed by atoms with van der Waals surface area (Å²) in [6.45, 7) is 3.79. The maximum atomic E-state index is 10.9. The van der Waals surface area contributed by atoms with Crippen molar-refractivity contribution in [3.05, 3.63) is 28.3 Å². The average molecular weight is 265 g/mol. The molecule has 0 saturated heterocycles. The smallest absolute Gasteiger partial charge is 0.298 e. The summed E-state index contributed by atoms with van der Waals surface area (Å²) in [6, 6.07) is 4.77. The number of aliphatic hydroxyl groups is 1. The van der Waals surface area contributed by atoms with E-state index in [0.717, 1.165) is 0 Å². The molecule has 0 unspecified atom stereocenters. The molecule has 0 aliphatic rings. The molecule has 7 heteroatoms. The largest absolute Gasteiger partial charge is 0.423 e. The highest BCUT2D eigenvalue weighted by Gasteiger charge is 2.22. The molecule has 0 aliphatic heterocycles. The zero-order valence-electron chi connectivity index (χ0n) is 10.7. The van der Waals surface area contributed by atoms with Crippen molar-refractivity contribution in [1.29, 1.82) is 0 Å². The summed E-state index contributed by atoms with van der Waals surface area (Å²) in [5.74, 6) is 0. The van der Waals surface area contributed by atoms with E-state index in [9.17, 15) is 10.1 Å². The SMILES string of the molecule is CC(C)(CCO)Nc1nc2c([N+](=O)[O-])cccc2o1.